The Morgan fingerprint density at radius 3 is 2.72 bits per heavy atom. The number of aromatic nitrogens is 1. The van der Waals surface area contributed by atoms with E-state index in [1.54, 1.807) is 30.8 Å². The molecule has 0 fully saturated rings. The molecule has 0 spiro atoms. The van der Waals surface area contributed by atoms with Crippen molar-refractivity contribution < 1.29 is 23.4 Å². The lowest BCUT2D eigenvalue weighted by Crippen LogP contribution is -2.13. The fourth-order valence-electron chi connectivity index (χ4n) is 4.15. The first-order chi connectivity index (χ1) is 17.4. The lowest BCUT2D eigenvalue weighted by Gasteiger charge is -2.20. The summed E-state index contributed by atoms with van der Waals surface area (Å²) in [5, 5.41) is 9.83. The van der Waals surface area contributed by atoms with Gasteiger partial charge < -0.3 is 9.84 Å². The van der Waals surface area contributed by atoms with Crippen LogP contribution in [0.25, 0.3) is 23.1 Å². The molecule has 0 saturated carbocycles. The Morgan fingerprint density at radius 2 is 1.89 bits per heavy atom. The Morgan fingerprint density at radius 1 is 1.08 bits per heavy atom. The molecule has 1 unspecified atom stereocenters. The summed E-state index contributed by atoms with van der Waals surface area (Å²) < 4.78 is 33.2. The number of fused-ring (bicyclic) bond motifs is 3. The van der Waals surface area contributed by atoms with Gasteiger partial charge in [-0.25, -0.2) is 13.8 Å². The summed E-state index contributed by atoms with van der Waals surface area (Å²) in [6, 6.07) is 19.7. The van der Waals surface area contributed by atoms with Gasteiger partial charge in [-0.2, -0.15) is 0 Å². The number of carbonyl (C=O) groups is 1. The molecule has 2 atom stereocenters. The first-order valence-corrected chi connectivity index (χ1v) is 12.6. The van der Waals surface area contributed by atoms with E-state index in [-0.39, 0.29) is 5.25 Å². The summed E-state index contributed by atoms with van der Waals surface area (Å²) in [6.45, 7) is 2.16. The summed E-state index contributed by atoms with van der Waals surface area (Å²) in [4.78, 5) is 15.9. The molecule has 1 N–H and O–H groups in total. The minimum atomic E-state index is -0.928. The van der Waals surface area contributed by atoms with Gasteiger partial charge in [-0.15, -0.1) is 11.8 Å². The average Bonchev–Trinajstić information content (AvgIpc) is 3.03. The Kier molecular flexibility index (Phi) is 6.74. The van der Waals surface area contributed by atoms with Crippen molar-refractivity contribution in [3.63, 3.8) is 0 Å². The summed E-state index contributed by atoms with van der Waals surface area (Å²) in [5.41, 5.74) is 5.09. The number of benzene rings is 3. The van der Waals surface area contributed by atoms with Gasteiger partial charge in [0.1, 0.15) is 12.4 Å². The first kappa shape index (κ1) is 24.0. The van der Waals surface area contributed by atoms with E-state index in [0.717, 1.165) is 40.1 Å². The number of ether oxygens (including phenoxy) is 1. The lowest BCUT2D eigenvalue weighted by molar-refractivity contribution is -0.140. The second kappa shape index (κ2) is 10.1. The van der Waals surface area contributed by atoms with Crippen LogP contribution in [0.1, 0.15) is 40.1 Å². The van der Waals surface area contributed by atoms with Crippen LogP contribution in [0, 0.1) is 17.6 Å². The van der Waals surface area contributed by atoms with Crippen molar-refractivity contribution in [2.75, 3.05) is 5.75 Å². The van der Waals surface area contributed by atoms with E-state index in [4.69, 9.17) is 4.74 Å². The minimum absolute atomic E-state index is 0.0782. The maximum absolute atomic E-state index is 13.6. The van der Waals surface area contributed by atoms with Crippen LogP contribution in [-0.2, 0) is 11.4 Å². The lowest BCUT2D eigenvalue weighted by atomic mass is 9.98. The number of thioether (sulfide) groups is 1. The van der Waals surface area contributed by atoms with Crippen molar-refractivity contribution in [3.8, 4) is 5.75 Å². The topological polar surface area (TPSA) is 59.4 Å². The van der Waals surface area contributed by atoms with Crippen molar-refractivity contribution in [2.45, 2.75) is 18.8 Å². The molecule has 4 aromatic rings. The van der Waals surface area contributed by atoms with E-state index in [0.29, 0.717) is 29.0 Å². The Balaban J connectivity index is 1.48. The number of hydrogen-bond acceptors (Lipinski definition) is 4. The van der Waals surface area contributed by atoms with Gasteiger partial charge in [-0.1, -0.05) is 49.4 Å². The second-order valence-corrected chi connectivity index (χ2v) is 9.90. The Bertz CT molecular complexity index is 1490. The third-order valence-corrected chi connectivity index (χ3v) is 7.70. The molecular weight excluding hydrogens is 480 g/mol. The molecule has 3 aromatic carbocycles. The number of nitrogens with zero attached hydrogens (tertiary/aromatic N) is 1. The third kappa shape index (κ3) is 4.97. The number of carboxylic acid groups (broad SMARTS) is 1. The van der Waals surface area contributed by atoms with Gasteiger partial charge >= 0.3 is 5.97 Å². The van der Waals surface area contributed by atoms with Gasteiger partial charge in [0, 0.05) is 22.8 Å². The smallest absolute Gasteiger partial charge is 0.307 e. The van der Waals surface area contributed by atoms with Crippen molar-refractivity contribution in [3.05, 3.63) is 106 Å². The van der Waals surface area contributed by atoms with Crippen LogP contribution >= 0.6 is 11.8 Å². The molecule has 5 rings (SSSR count). The fourth-order valence-corrected chi connectivity index (χ4v) is 5.55. The van der Waals surface area contributed by atoms with Crippen molar-refractivity contribution in [2.24, 2.45) is 5.92 Å². The van der Waals surface area contributed by atoms with E-state index >= 15 is 0 Å². The van der Waals surface area contributed by atoms with Crippen LogP contribution in [0.2, 0.25) is 0 Å². The molecular formula is C29H23F2NO3S. The van der Waals surface area contributed by atoms with Crippen LogP contribution in [0.5, 0.6) is 5.75 Å². The number of aliphatic carboxylic acids is 1. The van der Waals surface area contributed by atoms with Crippen molar-refractivity contribution in [1.29, 1.82) is 0 Å². The summed E-state index contributed by atoms with van der Waals surface area (Å²) in [5.74, 6) is -1.88. The van der Waals surface area contributed by atoms with Gasteiger partial charge in [0.05, 0.1) is 22.4 Å². The number of hydrogen-bond donors (Lipinski definition) is 1. The standard InChI is InChI=1S/C29H23F2NO3S/c1-17(29(33)34)16-36-28-22-5-3-2-4-20(22)15-35-27-11-7-18(12-23(27)28)6-9-21-10-8-19-13-24(30)25(31)14-26(19)32-21/h2-14,17,28H,15-16H2,1H3,(H,33,34)/t17-,28?/m1/s1. The van der Waals surface area contributed by atoms with Crippen molar-refractivity contribution in [1.82, 2.24) is 4.98 Å². The quantitative estimate of drug-likeness (QED) is 0.304. The van der Waals surface area contributed by atoms with Gasteiger partial charge in [0.2, 0.25) is 0 Å². The van der Waals surface area contributed by atoms with E-state index in [1.807, 2.05) is 48.6 Å². The van der Waals surface area contributed by atoms with E-state index < -0.39 is 23.5 Å². The Labute approximate surface area is 211 Å². The predicted molar refractivity (Wildman–Crippen MR) is 139 cm³/mol. The summed E-state index contributed by atoms with van der Waals surface area (Å²) in [6.07, 6.45) is 3.73. The largest absolute Gasteiger partial charge is 0.489 e. The average molecular weight is 504 g/mol. The molecule has 4 nitrogen and oxygen atoms in total. The first-order valence-electron chi connectivity index (χ1n) is 11.5. The van der Waals surface area contributed by atoms with Gasteiger partial charge in [0.25, 0.3) is 0 Å². The van der Waals surface area contributed by atoms with Crippen molar-refractivity contribution >= 4 is 40.8 Å². The number of halogens is 2. The van der Waals surface area contributed by atoms with Crippen LogP contribution < -0.4 is 4.74 Å². The van der Waals surface area contributed by atoms with Gasteiger partial charge in [0.15, 0.2) is 11.6 Å². The fraction of sp³-hybridized carbons (Fsp3) is 0.172. The van der Waals surface area contributed by atoms with Crippen LogP contribution in [-0.4, -0.2) is 21.8 Å². The molecule has 182 valence electrons. The molecule has 0 amide bonds. The zero-order chi connectivity index (χ0) is 25.2. The maximum atomic E-state index is 13.6. The zero-order valence-corrected chi connectivity index (χ0v) is 20.3. The molecule has 1 aliphatic heterocycles. The number of rotatable bonds is 6. The second-order valence-electron chi connectivity index (χ2n) is 8.77. The molecule has 7 heteroatoms. The summed E-state index contributed by atoms with van der Waals surface area (Å²) >= 11 is 1.60. The highest BCUT2D eigenvalue weighted by Crippen LogP contribution is 2.45. The molecule has 0 saturated heterocycles. The van der Waals surface area contributed by atoms with E-state index in [1.165, 1.54) is 0 Å². The normalized spacial score (nSPS) is 15.7. The number of pyridine rings is 1. The Hall–Kier alpha value is -3.71. The molecule has 36 heavy (non-hydrogen) atoms. The summed E-state index contributed by atoms with van der Waals surface area (Å²) in [7, 11) is 0. The monoisotopic (exact) mass is 503 g/mol. The van der Waals surface area contributed by atoms with Crippen LogP contribution in [0.4, 0.5) is 8.78 Å². The third-order valence-electron chi connectivity index (χ3n) is 6.17. The highest BCUT2D eigenvalue weighted by molar-refractivity contribution is 7.99. The molecule has 0 bridgehead atoms. The molecule has 1 aromatic heterocycles. The molecule has 2 heterocycles. The highest BCUT2D eigenvalue weighted by atomic mass is 32.2. The zero-order valence-electron chi connectivity index (χ0n) is 19.4. The van der Waals surface area contributed by atoms with Gasteiger partial charge in [-0.3, -0.25) is 4.79 Å². The van der Waals surface area contributed by atoms with Crippen LogP contribution in [0.15, 0.2) is 66.7 Å². The number of carboxylic acids is 1. The highest BCUT2D eigenvalue weighted by Gasteiger charge is 2.26. The minimum Gasteiger partial charge on any atom is -0.489 e. The predicted octanol–water partition coefficient (Wildman–Crippen LogP) is 7.12. The molecule has 1 aliphatic rings. The van der Waals surface area contributed by atoms with Crippen LogP contribution in [0.3, 0.4) is 0 Å². The SMILES string of the molecule is C[C@H](CSC1c2ccccc2COc2ccc(C=Cc3ccc4cc(F)c(F)cc4n3)cc21)C(=O)O. The molecule has 0 radical (unpaired) electrons. The molecule has 0 aliphatic carbocycles. The van der Waals surface area contributed by atoms with E-state index in [9.17, 15) is 18.7 Å². The van der Waals surface area contributed by atoms with E-state index in [2.05, 4.69) is 11.1 Å². The maximum Gasteiger partial charge on any atom is 0.307 e. The van der Waals surface area contributed by atoms with Gasteiger partial charge in [-0.05, 0) is 47.0 Å².